The molecule has 10 heteroatoms. The van der Waals surface area contributed by atoms with Crippen molar-refractivity contribution in [3.63, 3.8) is 0 Å². The van der Waals surface area contributed by atoms with Crippen LogP contribution in [0.4, 0.5) is 5.69 Å². The van der Waals surface area contributed by atoms with Gasteiger partial charge >= 0.3 is 0 Å². The van der Waals surface area contributed by atoms with E-state index in [1.807, 2.05) is 6.07 Å². The van der Waals surface area contributed by atoms with E-state index in [1.54, 1.807) is 50.2 Å². The highest BCUT2D eigenvalue weighted by molar-refractivity contribution is 7.92. The minimum Gasteiger partial charge on any atom is -0.357 e. The molecule has 0 aliphatic heterocycles. The molecule has 2 aromatic rings. The van der Waals surface area contributed by atoms with Gasteiger partial charge in [-0.1, -0.05) is 47.5 Å². The minimum absolute atomic E-state index is 0.0530. The Morgan fingerprint density at radius 1 is 1.06 bits per heavy atom. The first-order valence-electron chi connectivity index (χ1n) is 10.4. The Morgan fingerprint density at radius 2 is 1.70 bits per heavy atom. The smallest absolute Gasteiger partial charge is 0.242 e. The summed E-state index contributed by atoms with van der Waals surface area (Å²) in [6.45, 7) is 3.65. The lowest BCUT2D eigenvalue weighted by Gasteiger charge is -2.29. The Kier molecular flexibility index (Phi) is 9.57. The van der Waals surface area contributed by atoms with E-state index in [2.05, 4.69) is 5.32 Å². The van der Waals surface area contributed by atoms with Crippen molar-refractivity contribution in [2.24, 2.45) is 0 Å². The zero-order valence-electron chi connectivity index (χ0n) is 19.1. The molecule has 0 unspecified atom stereocenters. The summed E-state index contributed by atoms with van der Waals surface area (Å²) >= 11 is 12.4. The summed E-state index contributed by atoms with van der Waals surface area (Å²) in [5.41, 5.74) is 1.84. The maximum Gasteiger partial charge on any atom is 0.242 e. The summed E-state index contributed by atoms with van der Waals surface area (Å²) in [7, 11) is -2.09. The summed E-state index contributed by atoms with van der Waals surface area (Å²) in [5, 5.41) is 3.52. The predicted octanol–water partition coefficient (Wildman–Crippen LogP) is 4.01. The Balaban J connectivity index is 2.19. The van der Waals surface area contributed by atoms with Crippen LogP contribution in [0, 0.1) is 6.92 Å². The Hall–Kier alpha value is -2.29. The van der Waals surface area contributed by atoms with Crippen LogP contribution in [0.3, 0.4) is 0 Å². The number of likely N-dealkylation sites (N-methyl/N-ethyl adjacent to an activating group) is 1. The van der Waals surface area contributed by atoms with Gasteiger partial charge in [-0.2, -0.15) is 0 Å². The summed E-state index contributed by atoms with van der Waals surface area (Å²) in [5.74, 6) is -0.579. The molecule has 7 nitrogen and oxygen atoms in total. The molecule has 33 heavy (non-hydrogen) atoms. The third-order valence-electron chi connectivity index (χ3n) is 5.37. The fraction of sp³-hybridized carbons (Fsp3) is 0.391. The molecule has 2 aromatic carbocycles. The van der Waals surface area contributed by atoms with Crippen LogP contribution in [-0.4, -0.2) is 51.0 Å². The van der Waals surface area contributed by atoms with Crippen LogP contribution < -0.4 is 9.62 Å². The maximum atomic E-state index is 13.1. The third kappa shape index (κ3) is 7.09. The van der Waals surface area contributed by atoms with Gasteiger partial charge in [0.05, 0.1) is 11.9 Å². The first-order chi connectivity index (χ1) is 15.5. The second kappa shape index (κ2) is 11.7. The van der Waals surface area contributed by atoms with Crippen LogP contribution in [-0.2, 0) is 26.2 Å². The minimum atomic E-state index is -3.60. The van der Waals surface area contributed by atoms with E-state index in [0.29, 0.717) is 21.3 Å². The van der Waals surface area contributed by atoms with Gasteiger partial charge in [0, 0.05) is 36.6 Å². The number of halogens is 2. The van der Waals surface area contributed by atoms with Crippen LogP contribution in [0.2, 0.25) is 10.0 Å². The Labute approximate surface area is 205 Å². The van der Waals surface area contributed by atoms with Gasteiger partial charge in [0.25, 0.3) is 0 Å². The molecule has 2 rings (SSSR count). The lowest BCUT2D eigenvalue weighted by molar-refractivity contribution is -0.140. The molecule has 180 valence electrons. The maximum absolute atomic E-state index is 13.1. The van der Waals surface area contributed by atoms with Crippen LogP contribution in [0.5, 0.6) is 0 Å². The van der Waals surface area contributed by atoms with Gasteiger partial charge in [-0.25, -0.2) is 8.42 Å². The van der Waals surface area contributed by atoms with E-state index in [0.717, 1.165) is 11.8 Å². The van der Waals surface area contributed by atoms with Gasteiger partial charge in [-0.05, 0) is 49.6 Å². The molecule has 0 fully saturated rings. The number of nitrogens with zero attached hydrogens (tertiary/aromatic N) is 2. The number of rotatable bonds is 10. The highest BCUT2D eigenvalue weighted by Gasteiger charge is 2.27. The van der Waals surface area contributed by atoms with Gasteiger partial charge in [0.2, 0.25) is 21.8 Å². The van der Waals surface area contributed by atoms with E-state index in [-0.39, 0.29) is 37.7 Å². The number of hydrogen-bond acceptors (Lipinski definition) is 4. The molecule has 0 heterocycles. The summed E-state index contributed by atoms with van der Waals surface area (Å²) < 4.78 is 26.1. The van der Waals surface area contributed by atoms with Crippen molar-refractivity contribution in [3.8, 4) is 0 Å². The quantitative estimate of drug-likeness (QED) is 0.519. The van der Waals surface area contributed by atoms with Crippen molar-refractivity contribution in [2.75, 3.05) is 24.2 Å². The normalized spacial score (nSPS) is 12.2. The third-order valence-corrected chi connectivity index (χ3v) is 7.33. The monoisotopic (exact) mass is 513 g/mol. The summed E-state index contributed by atoms with van der Waals surface area (Å²) in [6.07, 6.45) is 1.43. The topological polar surface area (TPSA) is 86.8 Å². The average molecular weight is 514 g/mol. The number of carbonyl (C=O) groups is 2. The molecule has 0 aliphatic carbocycles. The SMILES string of the molecule is CNC(=O)[C@H](C)N(Cc1ccccc1Cl)C(=O)CCCN(c1cccc(Cl)c1C)S(C)(=O)=O. The lowest BCUT2D eigenvalue weighted by atomic mass is 10.1. The molecule has 2 amide bonds. The number of benzene rings is 2. The molecule has 0 aliphatic rings. The van der Waals surface area contributed by atoms with Crippen molar-refractivity contribution in [1.29, 1.82) is 0 Å². The second-order valence-electron chi connectivity index (χ2n) is 7.73. The van der Waals surface area contributed by atoms with Gasteiger partial charge in [0.1, 0.15) is 6.04 Å². The van der Waals surface area contributed by atoms with E-state index in [9.17, 15) is 18.0 Å². The molecule has 1 atom stereocenters. The zero-order chi connectivity index (χ0) is 24.8. The van der Waals surface area contributed by atoms with Crippen LogP contribution >= 0.6 is 23.2 Å². The lowest BCUT2D eigenvalue weighted by Crippen LogP contribution is -2.46. The van der Waals surface area contributed by atoms with E-state index in [4.69, 9.17) is 23.2 Å². The van der Waals surface area contributed by atoms with Crippen LogP contribution in [0.25, 0.3) is 0 Å². The first-order valence-corrected chi connectivity index (χ1v) is 13.0. The van der Waals surface area contributed by atoms with Gasteiger partial charge in [-0.3, -0.25) is 13.9 Å². The van der Waals surface area contributed by atoms with Crippen molar-refractivity contribution in [2.45, 2.75) is 39.3 Å². The van der Waals surface area contributed by atoms with Gasteiger partial charge in [0.15, 0.2) is 0 Å². The molecule has 0 saturated heterocycles. The fourth-order valence-electron chi connectivity index (χ4n) is 3.45. The molecular formula is C23H29Cl2N3O4S. The number of hydrogen-bond donors (Lipinski definition) is 1. The van der Waals surface area contributed by atoms with E-state index < -0.39 is 16.1 Å². The van der Waals surface area contributed by atoms with Crippen LogP contribution in [0.1, 0.15) is 30.9 Å². The second-order valence-corrected chi connectivity index (χ2v) is 10.4. The number of carbonyl (C=O) groups excluding carboxylic acids is 2. The molecule has 0 bridgehead atoms. The van der Waals surface area contributed by atoms with Crippen molar-refractivity contribution in [1.82, 2.24) is 10.2 Å². The molecule has 0 aromatic heterocycles. The van der Waals surface area contributed by atoms with Crippen LogP contribution in [0.15, 0.2) is 42.5 Å². The average Bonchev–Trinajstić information content (AvgIpc) is 2.76. The molecule has 0 spiro atoms. The zero-order valence-corrected chi connectivity index (χ0v) is 21.5. The predicted molar refractivity (Wildman–Crippen MR) is 133 cm³/mol. The number of nitrogens with one attached hydrogen (secondary N) is 1. The summed E-state index contributed by atoms with van der Waals surface area (Å²) in [6, 6.07) is 11.5. The van der Waals surface area contributed by atoms with Crippen molar-refractivity contribution in [3.05, 3.63) is 63.6 Å². The fourth-order valence-corrected chi connectivity index (χ4v) is 4.83. The summed E-state index contributed by atoms with van der Waals surface area (Å²) in [4.78, 5) is 26.8. The molecule has 1 N–H and O–H groups in total. The molecular weight excluding hydrogens is 485 g/mol. The first kappa shape index (κ1) is 27.0. The molecule has 0 radical (unpaired) electrons. The van der Waals surface area contributed by atoms with Crippen molar-refractivity contribution >= 4 is 50.7 Å². The Morgan fingerprint density at radius 3 is 2.30 bits per heavy atom. The largest absolute Gasteiger partial charge is 0.357 e. The van der Waals surface area contributed by atoms with E-state index in [1.165, 1.54) is 16.3 Å². The highest BCUT2D eigenvalue weighted by atomic mass is 35.5. The number of amides is 2. The van der Waals surface area contributed by atoms with Gasteiger partial charge < -0.3 is 10.2 Å². The highest BCUT2D eigenvalue weighted by Crippen LogP contribution is 2.28. The van der Waals surface area contributed by atoms with Crippen molar-refractivity contribution < 1.29 is 18.0 Å². The van der Waals surface area contributed by atoms with Gasteiger partial charge in [-0.15, -0.1) is 0 Å². The number of anilines is 1. The molecule has 0 saturated carbocycles. The standard InChI is InChI=1S/C23H29Cl2N3O4S/c1-16-19(24)11-7-12-21(16)28(33(4,31)32)14-8-13-22(29)27(17(2)23(30)26-3)15-18-9-5-6-10-20(18)25/h5-7,9-12,17H,8,13-15H2,1-4H3,(H,26,30)/t17-/m0/s1. The Bertz CT molecular complexity index is 1110. The number of sulfonamides is 1. The van der Waals surface area contributed by atoms with E-state index >= 15 is 0 Å².